The first-order valence-corrected chi connectivity index (χ1v) is 4.61. The van der Waals surface area contributed by atoms with Crippen molar-refractivity contribution in [2.24, 2.45) is 11.7 Å². The molecule has 0 saturated heterocycles. The van der Waals surface area contributed by atoms with E-state index in [-0.39, 0.29) is 0 Å². The summed E-state index contributed by atoms with van der Waals surface area (Å²) in [5, 5.41) is 1.69. The molecule has 0 fully saturated rings. The fourth-order valence-corrected chi connectivity index (χ4v) is 1.30. The van der Waals surface area contributed by atoms with Crippen molar-refractivity contribution in [2.45, 2.75) is 6.92 Å². The van der Waals surface area contributed by atoms with E-state index in [9.17, 15) is 9.59 Å². The van der Waals surface area contributed by atoms with Crippen LogP contribution in [0.4, 0.5) is 10.5 Å². The van der Waals surface area contributed by atoms with E-state index in [1.54, 1.807) is 25.1 Å². The number of hydrogen-bond donors (Lipinski definition) is 2. The number of nitrogens with zero attached hydrogens (tertiary/aromatic N) is 2. The van der Waals surface area contributed by atoms with Crippen LogP contribution in [0.25, 0.3) is 0 Å². The lowest BCUT2D eigenvalue weighted by molar-refractivity contribution is 0.112. The number of hydrazine groups is 2. The number of rotatable bonds is 2. The molecule has 0 radical (unpaired) electrons. The van der Waals surface area contributed by atoms with Gasteiger partial charge in [0.25, 0.3) is 0 Å². The summed E-state index contributed by atoms with van der Waals surface area (Å²) in [6, 6.07) is 4.45. The molecule has 0 aliphatic carbocycles. The highest BCUT2D eigenvalue weighted by atomic mass is 16.2. The standard InChI is InChI=1S/C10H14N4O2/c1-7-4-3-5-9(8(7)6-15)14(12)10(16)13(2)11/h3-6H,11-12H2,1-2H3. The topological polar surface area (TPSA) is 92.7 Å². The first-order chi connectivity index (χ1) is 7.49. The van der Waals surface area contributed by atoms with Crippen LogP contribution in [0.3, 0.4) is 0 Å². The molecule has 0 aromatic heterocycles. The van der Waals surface area contributed by atoms with Gasteiger partial charge in [0.1, 0.15) is 0 Å². The van der Waals surface area contributed by atoms with Crippen LogP contribution in [0.1, 0.15) is 15.9 Å². The second-order valence-corrected chi connectivity index (χ2v) is 3.39. The minimum Gasteiger partial charge on any atom is -0.298 e. The van der Waals surface area contributed by atoms with Crippen LogP contribution in [0.15, 0.2) is 18.2 Å². The Morgan fingerprint density at radius 3 is 2.50 bits per heavy atom. The molecule has 1 rings (SSSR count). The van der Waals surface area contributed by atoms with Crippen molar-refractivity contribution in [3.8, 4) is 0 Å². The van der Waals surface area contributed by atoms with Crippen LogP contribution in [-0.2, 0) is 0 Å². The van der Waals surface area contributed by atoms with Gasteiger partial charge in [-0.1, -0.05) is 12.1 Å². The van der Waals surface area contributed by atoms with Crippen LogP contribution in [0, 0.1) is 6.92 Å². The lowest BCUT2D eigenvalue weighted by Gasteiger charge is -2.22. The summed E-state index contributed by atoms with van der Waals surface area (Å²) in [6.45, 7) is 1.76. The highest BCUT2D eigenvalue weighted by Gasteiger charge is 2.17. The molecule has 86 valence electrons. The summed E-state index contributed by atoms with van der Waals surface area (Å²) in [5.41, 5.74) is 1.45. The lowest BCUT2D eigenvalue weighted by Crippen LogP contribution is -2.49. The molecule has 0 atom stereocenters. The van der Waals surface area contributed by atoms with Crippen molar-refractivity contribution < 1.29 is 9.59 Å². The molecule has 16 heavy (non-hydrogen) atoms. The van der Waals surface area contributed by atoms with Crippen LogP contribution in [-0.4, -0.2) is 24.4 Å². The number of urea groups is 1. The zero-order valence-corrected chi connectivity index (χ0v) is 9.18. The van der Waals surface area contributed by atoms with Gasteiger partial charge in [-0.05, 0) is 18.6 Å². The largest absolute Gasteiger partial charge is 0.352 e. The average Bonchev–Trinajstić information content (AvgIpc) is 2.26. The molecule has 1 aromatic carbocycles. The van der Waals surface area contributed by atoms with E-state index in [4.69, 9.17) is 11.7 Å². The maximum absolute atomic E-state index is 11.5. The second-order valence-electron chi connectivity index (χ2n) is 3.39. The van der Waals surface area contributed by atoms with Crippen LogP contribution in [0.2, 0.25) is 0 Å². The molecule has 6 nitrogen and oxygen atoms in total. The van der Waals surface area contributed by atoms with Gasteiger partial charge in [-0.25, -0.2) is 21.5 Å². The van der Waals surface area contributed by atoms with Crippen LogP contribution < -0.4 is 16.7 Å². The molecule has 6 heteroatoms. The van der Waals surface area contributed by atoms with Gasteiger partial charge >= 0.3 is 6.03 Å². The summed E-state index contributed by atoms with van der Waals surface area (Å²) in [7, 11) is 1.37. The number of aryl methyl sites for hydroxylation is 1. The molecule has 4 N–H and O–H groups in total. The predicted molar refractivity (Wildman–Crippen MR) is 60.6 cm³/mol. The Labute approximate surface area is 93.4 Å². The molecule has 0 unspecified atom stereocenters. The van der Waals surface area contributed by atoms with Gasteiger partial charge in [0.05, 0.1) is 5.69 Å². The minimum atomic E-state index is -0.603. The summed E-state index contributed by atoms with van der Waals surface area (Å²) in [6.07, 6.45) is 0.661. The van der Waals surface area contributed by atoms with Crippen molar-refractivity contribution in [3.05, 3.63) is 29.3 Å². The first kappa shape index (κ1) is 12.2. The third kappa shape index (κ3) is 2.18. The Morgan fingerprint density at radius 2 is 2.00 bits per heavy atom. The number of nitrogens with two attached hydrogens (primary N) is 2. The van der Waals surface area contributed by atoms with E-state index in [1.807, 2.05) is 0 Å². The van der Waals surface area contributed by atoms with Gasteiger partial charge in [-0.2, -0.15) is 0 Å². The minimum absolute atomic E-state index is 0.331. The third-order valence-electron chi connectivity index (χ3n) is 2.19. The molecule has 0 saturated carbocycles. The van der Waals surface area contributed by atoms with Gasteiger partial charge < -0.3 is 0 Å². The van der Waals surface area contributed by atoms with Gasteiger partial charge in [0.15, 0.2) is 6.29 Å². The summed E-state index contributed by atoms with van der Waals surface area (Å²) in [5.74, 6) is 10.9. The quantitative estimate of drug-likeness (QED) is 0.328. The second kappa shape index (κ2) is 4.73. The molecular weight excluding hydrogens is 208 g/mol. The molecule has 1 aromatic rings. The van der Waals surface area contributed by atoms with E-state index < -0.39 is 6.03 Å². The lowest BCUT2D eigenvalue weighted by atomic mass is 10.1. The Balaban J connectivity index is 3.18. The normalized spacial score (nSPS) is 9.75. The molecule has 0 heterocycles. The Morgan fingerprint density at radius 1 is 1.38 bits per heavy atom. The predicted octanol–water partition coefficient (Wildman–Crippen LogP) is 0.413. The number of carbonyl (C=O) groups is 2. The molecule has 0 aliphatic rings. The fraction of sp³-hybridized carbons (Fsp3) is 0.200. The number of carbonyl (C=O) groups excluding carboxylic acids is 2. The smallest absolute Gasteiger partial charge is 0.298 e. The van der Waals surface area contributed by atoms with Crippen molar-refractivity contribution >= 4 is 18.0 Å². The van der Waals surface area contributed by atoms with E-state index in [1.165, 1.54) is 7.05 Å². The number of anilines is 1. The molecule has 0 aliphatic heterocycles. The summed E-state index contributed by atoms with van der Waals surface area (Å²) < 4.78 is 0. The highest BCUT2D eigenvalue weighted by molar-refractivity contribution is 5.97. The van der Waals surface area contributed by atoms with Gasteiger partial charge in [-0.3, -0.25) is 9.80 Å². The average molecular weight is 222 g/mol. The molecular formula is C10H14N4O2. The van der Waals surface area contributed by atoms with E-state index in [0.29, 0.717) is 17.5 Å². The summed E-state index contributed by atoms with van der Waals surface area (Å²) in [4.78, 5) is 22.4. The number of amides is 2. The molecule has 2 amide bonds. The van der Waals surface area contributed by atoms with Gasteiger partial charge in [-0.15, -0.1) is 0 Å². The van der Waals surface area contributed by atoms with Gasteiger partial charge in [0, 0.05) is 12.6 Å². The Kier molecular flexibility index (Phi) is 3.60. The monoisotopic (exact) mass is 222 g/mol. The zero-order valence-electron chi connectivity index (χ0n) is 9.18. The van der Waals surface area contributed by atoms with Gasteiger partial charge in [0.2, 0.25) is 0 Å². The van der Waals surface area contributed by atoms with Crippen molar-refractivity contribution in [1.82, 2.24) is 5.01 Å². The summed E-state index contributed by atoms with van der Waals surface area (Å²) >= 11 is 0. The number of hydrogen-bond acceptors (Lipinski definition) is 4. The van der Waals surface area contributed by atoms with Crippen molar-refractivity contribution in [2.75, 3.05) is 12.1 Å². The molecule has 0 bridgehead atoms. The Hall–Kier alpha value is -1.92. The number of aldehydes is 1. The zero-order chi connectivity index (χ0) is 12.3. The number of benzene rings is 1. The molecule has 0 spiro atoms. The maximum Gasteiger partial charge on any atom is 0.352 e. The maximum atomic E-state index is 11.5. The van der Waals surface area contributed by atoms with Crippen molar-refractivity contribution in [3.63, 3.8) is 0 Å². The Bertz CT molecular complexity index is 417. The van der Waals surface area contributed by atoms with Crippen LogP contribution >= 0.6 is 0 Å². The highest BCUT2D eigenvalue weighted by Crippen LogP contribution is 2.20. The van der Waals surface area contributed by atoms with E-state index in [2.05, 4.69) is 0 Å². The SMILES string of the molecule is Cc1cccc(N(N)C(=O)N(C)N)c1C=O. The van der Waals surface area contributed by atoms with E-state index >= 15 is 0 Å². The first-order valence-electron chi connectivity index (χ1n) is 4.61. The van der Waals surface area contributed by atoms with E-state index in [0.717, 1.165) is 15.6 Å². The fourth-order valence-electron chi connectivity index (χ4n) is 1.30. The van der Waals surface area contributed by atoms with Crippen molar-refractivity contribution in [1.29, 1.82) is 0 Å². The third-order valence-corrected chi connectivity index (χ3v) is 2.19. The van der Waals surface area contributed by atoms with Crippen LogP contribution in [0.5, 0.6) is 0 Å².